The van der Waals surface area contributed by atoms with Gasteiger partial charge in [-0.05, 0) is 37.6 Å². The molecular formula is C18H17ClN2O. The van der Waals surface area contributed by atoms with E-state index in [0.29, 0.717) is 10.6 Å². The summed E-state index contributed by atoms with van der Waals surface area (Å²) >= 11 is 6.20. The number of hydrogen-bond acceptors (Lipinski definition) is 2. The number of aliphatic imine (C=N–C) groups is 1. The van der Waals surface area contributed by atoms with Crippen LogP contribution in [0.2, 0.25) is 5.02 Å². The van der Waals surface area contributed by atoms with Crippen LogP contribution in [-0.2, 0) is 5.41 Å². The van der Waals surface area contributed by atoms with Gasteiger partial charge in [0.2, 0.25) is 0 Å². The first-order chi connectivity index (χ1) is 10.5. The van der Waals surface area contributed by atoms with Gasteiger partial charge in [-0.3, -0.25) is 14.7 Å². The molecule has 3 nitrogen and oxygen atoms in total. The first kappa shape index (κ1) is 14.8. The van der Waals surface area contributed by atoms with Crippen LogP contribution in [0.5, 0.6) is 0 Å². The van der Waals surface area contributed by atoms with Crippen LogP contribution in [0.15, 0.2) is 47.5 Å². The van der Waals surface area contributed by atoms with E-state index in [1.54, 1.807) is 13.1 Å². The number of aldehydes is 1. The van der Waals surface area contributed by atoms with Crippen molar-refractivity contribution >= 4 is 35.1 Å². The van der Waals surface area contributed by atoms with E-state index in [1.807, 2.05) is 35.2 Å². The number of para-hydroxylation sites is 1. The first-order valence-electron chi connectivity index (χ1n) is 7.13. The highest BCUT2D eigenvalue weighted by Crippen LogP contribution is 2.47. The summed E-state index contributed by atoms with van der Waals surface area (Å²) < 4.78 is 0. The van der Waals surface area contributed by atoms with Crippen molar-refractivity contribution in [3.63, 3.8) is 0 Å². The molecule has 0 atom stereocenters. The molecule has 4 heteroatoms. The summed E-state index contributed by atoms with van der Waals surface area (Å²) in [6.45, 7) is 4.28. The smallest absolute Gasteiger partial charge is 0.153 e. The van der Waals surface area contributed by atoms with Gasteiger partial charge in [0.1, 0.15) is 5.84 Å². The van der Waals surface area contributed by atoms with Gasteiger partial charge >= 0.3 is 0 Å². The molecule has 1 heterocycles. The second kappa shape index (κ2) is 5.25. The van der Waals surface area contributed by atoms with Crippen molar-refractivity contribution in [1.29, 1.82) is 0 Å². The van der Waals surface area contributed by atoms with Crippen molar-refractivity contribution in [2.24, 2.45) is 4.99 Å². The molecule has 0 aliphatic carbocycles. The number of fused-ring (bicyclic) bond motifs is 1. The van der Waals surface area contributed by atoms with E-state index >= 15 is 0 Å². The Balaban J connectivity index is 2.32. The molecule has 1 aliphatic heterocycles. The molecule has 22 heavy (non-hydrogen) atoms. The van der Waals surface area contributed by atoms with E-state index in [4.69, 9.17) is 11.6 Å². The summed E-state index contributed by atoms with van der Waals surface area (Å²) in [6, 6.07) is 13.6. The molecule has 0 amide bonds. The summed E-state index contributed by atoms with van der Waals surface area (Å²) in [4.78, 5) is 18.1. The molecule has 0 fully saturated rings. The largest absolute Gasteiger partial charge is 0.298 e. The van der Waals surface area contributed by atoms with E-state index in [2.05, 4.69) is 24.9 Å². The van der Waals surface area contributed by atoms with E-state index in [1.165, 1.54) is 5.56 Å². The number of halogens is 1. The third kappa shape index (κ3) is 1.97. The van der Waals surface area contributed by atoms with Crippen LogP contribution < -0.4 is 4.90 Å². The highest BCUT2D eigenvalue weighted by atomic mass is 35.5. The Kier molecular flexibility index (Phi) is 3.53. The molecule has 0 unspecified atom stereocenters. The van der Waals surface area contributed by atoms with Crippen LogP contribution in [0.3, 0.4) is 0 Å². The molecule has 2 aromatic carbocycles. The lowest BCUT2D eigenvalue weighted by atomic mass is 9.86. The predicted octanol–water partition coefficient (Wildman–Crippen LogP) is 4.61. The molecule has 1 aliphatic rings. The maximum Gasteiger partial charge on any atom is 0.153 e. The van der Waals surface area contributed by atoms with Crippen LogP contribution in [0.25, 0.3) is 0 Å². The Morgan fingerprint density at radius 3 is 2.45 bits per heavy atom. The predicted molar refractivity (Wildman–Crippen MR) is 91.8 cm³/mol. The van der Waals surface area contributed by atoms with E-state index < -0.39 is 0 Å². The average Bonchev–Trinajstić information content (AvgIpc) is 2.74. The van der Waals surface area contributed by atoms with Crippen LogP contribution in [0.1, 0.15) is 29.8 Å². The van der Waals surface area contributed by atoms with Gasteiger partial charge in [-0.15, -0.1) is 0 Å². The van der Waals surface area contributed by atoms with Crippen LogP contribution in [0.4, 0.5) is 11.4 Å². The topological polar surface area (TPSA) is 32.7 Å². The van der Waals surface area contributed by atoms with Gasteiger partial charge in [0, 0.05) is 12.5 Å². The normalized spacial score (nSPS) is 17.6. The molecule has 0 aromatic heterocycles. The second-order valence-corrected chi connectivity index (χ2v) is 6.22. The lowest BCUT2D eigenvalue weighted by molar-refractivity contribution is 0.112. The molecule has 0 N–H and O–H groups in total. The zero-order valence-corrected chi connectivity index (χ0v) is 13.6. The van der Waals surface area contributed by atoms with Gasteiger partial charge < -0.3 is 0 Å². The molecule has 0 spiro atoms. The molecular weight excluding hydrogens is 296 g/mol. The fourth-order valence-corrected chi connectivity index (χ4v) is 3.39. The Morgan fingerprint density at radius 2 is 1.77 bits per heavy atom. The van der Waals surface area contributed by atoms with Crippen LogP contribution in [0, 0.1) is 0 Å². The quantitative estimate of drug-likeness (QED) is 0.759. The molecule has 2 aromatic rings. The van der Waals surface area contributed by atoms with Gasteiger partial charge in [0.25, 0.3) is 0 Å². The Bertz CT molecular complexity index is 780. The lowest BCUT2D eigenvalue weighted by Gasteiger charge is -2.26. The summed E-state index contributed by atoms with van der Waals surface area (Å²) in [6.07, 6.45) is 0.804. The van der Waals surface area contributed by atoms with E-state index in [9.17, 15) is 4.79 Å². The molecule has 0 bridgehead atoms. The van der Waals surface area contributed by atoms with Gasteiger partial charge in [0.05, 0.1) is 22.0 Å². The van der Waals surface area contributed by atoms with Crippen molar-refractivity contribution in [2.75, 3.05) is 11.9 Å². The van der Waals surface area contributed by atoms with Gasteiger partial charge in [-0.25, -0.2) is 0 Å². The fraction of sp³-hybridized carbons (Fsp3) is 0.222. The number of hydrogen-bond donors (Lipinski definition) is 0. The fourth-order valence-electron chi connectivity index (χ4n) is 3.17. The first-order valence-corrected chi connectivity index (χ1v) is 7.50. The zero-order chi connectivity index (χ0) is 15.9. The minimum Gasteiger partial charge on any atom is -0.298 e. The Morgan fingerprint density at radius 1 is 1.09 bits per heavy atom. The van der Waals surface area contributed by atoms with Crippen LogP contribution >= 0.6 is 11.6 Å². The van der Waals surface area contributed by atoms with Crippen LogP contribution in [-0.4, -0.2) is 19.2 Å². The van der Waals surface area contributed by atoms with Gasteiger partial charge in [0.15, 0.2) is 6.29 Å². The third-order valence-electron chi connectivity index (χ3n) is 4.19. The number of anilines is 2. The Labute approximate surface area is 135 Å². The Hall–Kier alpha value is -2.13. The minimum atomic E-state index is -0.228. The lowest BCUT2D eigenvalue weighted by Crippen LogP contribution is -2.34. The average molecular weight is 313 g/mol. The monoisotopic (exact) mass is 312 g/mol. The van der Waals surface area contributed by atoms with Crippen molar-refractivity contribution in [1.82, 2.24) is 0 Å². The maximum atomic E-state index is 11.5. The van der Waals surface area contributed by atoms with Gasteiger partial charge in [-0.2, -0.15) is 0 Å². The molecule has 112 valence electrons. The number of carbonyl (C=O) groups excluding carboxylic acids is 1. The number of nitrogens with zero attached hydrogens (tertiary/aromatic N) is 2. The SMILES string of the molecule is CN=C1N(c2cccc(Cl)c2C=O)c2ccccc2C1(C)C. The summed E-state index contributed by atoms with van der Waals surface area (Å²) in [5, 5.41) is 0.449. The zero-order valence-electron chi connectivity index (χ0n) is 12.8. The highest BCUT2D eigenvalue weighted by molar-refractivity contribution is 6.34. The number of rotatable bonds is 2. The molecule has 0 radical (unpaired) electrons. The maximum absolute atomic E-state index is 11.5. The minimum absolute atomic E-state index is 0.228. The van der Waals surface area contributed by atoms with Crippen molar-refractivity contribution < 1.29 is 4.79 Å². The van der Waals surface area contributed by atoms with Crippen molar-refractivity contribution in [2.45, 2.75) is 19.3 Å². The summed E-state index contributed by atoms with van der Waals surface area (Å²) in [5.74, 6) is 0.902. The summed E-state index contributed by atoms with van der Waals surface area (Å²) in [7, 11) is 1.78. The molecule has 0 saturated heterocycles. The highest BCUT2D eigenvalue weighted by Gasteiger charge is 2.42. The third-order valence-corrected chi connectivity index (χ3v) is 4.52. The van der Waals surface area contributed by atoms with E-state index in [0.717, 1.165) is 23.5 Å². The van der Waals surface area contributed by atoms with E-state index in [-0.39, 0.29) is 5.41 Å². The van der Waals surface area contributed by atoms with Gasteiger partial charge in [-0.1, -0.05) is 35.9 Å². The second-order valence-electron chi connectivity index (χ2n) is 5.82. The summed E-state index contributed by atoms with van der Waals surface area (Å²) in [5.41, 5.74) is 3.25. The van der Waals surface area contributed by atoms with Crippen molar-refractivity contribution in [3.8, 4) is 0 Å². The number of carbonyl (C=O) groups is 1. The number of benzene rings is 2. The number of amidine groups is 1. The van der Waals surface area contributed by atoms with Crippen molar-refractivity contribution in [3.05, 3.63) is 58.6 Å². The molecule has 3 rings (SSSR count). The standard InChI is InChI=1S/C18H17ClN2O/c1-18(2)13-7-4-5-9-16(13)21(17(18)20-3)15-10-6-8-14(19)12(15)11-22/h4-11H,1-3H3. The molecule has 0 saturated carbocycles.